The molecule has 1 aromatic heterocycles. The highest BCUT2D eigenvalue weighted by molar-refractivity contribution is 6.41. The third-order valence-corrected chi connectivity index (χ3v) is 4.26. The van der Waals surface area contributed by atoms with E-state index in [2.05, 4.69) is 15.6 Å². The fraction of sp³-hybridized carbons (Fsp3) is 0.571. The molecule has 0 saturated heterocycles. The first-order valence-corrected chi connectivity index (χ1v) is 8.04. The molecule has 22 heavy (non-hydrogen) atoms. The maximum Gasteiger partial charge on any atom is 0.355 e. The number of hydrogen-bond donors (Lipinski definition) is 3. The summed E-state index contributed by atoms with van der Waals surface area (Å²) in [5, 5.41) is 6.13. The lowest BCUT2D eigenvalue weighted by Gasteiger charge is -2.28. The number of hydrogen-bond acceptors (Lipinski definition) is 3. The summed E-state index contributed by atoms with van der Waals surface area (Å²) in [5.74, 6) is -0.464. The van der Waals surface area contributed by atoms with Crippen LogP contribution in [0, 0.1) is 0 Å². The average molecular weight is 348 g/mol. The Labute approximate surface area is 138 Å². The molecule has 0 aromatic carbocycles. The molecule has 6 nitrogen and oxygen atoms in total. The second-order valence-electron chi connectivity index (χ2n) is 5.23. The summed E-state index contributed by atoms with van der Waals surface area (Å²) in [4.78, 5) is 26.1. The van der Waals surface area contributed by atoms with Gasteiger partial charge in [-0.05, 0) is 38.7 Å². The minimum Gasteiger partial charge on any atom is -0.458 e. The summed E-state index contributed by atoms with van der Waals surface area (Å²) in [6, 6.07) is 1.42. The molecular formula is C14H19Cl2N3O3. The summed E-state index contributed by atoms with van der Waals surface area (Å²) >= 11 is 11.6. The number of carbonyl (C=O) groups excluding carboxylic acids is 2. The van der Waals surface area contributed by atoms with Crippen LogP contribution in [-0.4, -0.2) is 35.7 Å². The van der Waals surface area contributed by atoms with Gasteiger partial charge in [-0.3, -0.25) is 0 Å². The second-order valence-corrected chi connectivity index (χ2v) is 6.01. The zero-order valence-electron chi connectivity index (χ0n) is 12.2. The molecule has 0 atom stereocenters. The van der Waals surface area contributed by atoms with Crippen molar-refractivity contribution in [1.82, 2.24) is 15.6 Å². The monoisotopic (exact) mass is 347 g/mol. The van der Waals surface area contributed by atoms with Crippen LogP contribution in [0.1, 0.15) is 43.1 Å². The molecule has 1 aliphatic carbocycles. The number of carbonyl (C=O) groups is 2. The Balaban J connectivity index is 1.77. The highest BCUT2D eigenvalue weighted by Gasteiger charge is 2.26. The molecule has 2 rings (SSSR count). The number of rotatable bonds is 4. The molecular weight excluding hydrogens is 329 g/mol. The van der Waals surface area contributed by atoms with Gasteiger partial charge in [0.25, 0.3) is 0 Å². The van der Waals surface area contributed by atoms with Crippen molar-refractivity contribution >= 4 is 35.2 Å². The quantitative estimate of drug-likeness (QED) is 0.731. The SMILES string of the molecule is CCNC(=O)NC1CCC(OC(=O)c2cc(Cl)c(Cl)[nH]2)CC1. The van der Waals surface area contributed by atoms with E-state index in [-0.39, 0.29) is 29.0 Å². The Morgan fingerprint density at radius 2 is 2.00 bits per heavy atom. The average Bonchev–Trinajstić information content (AvgIpc) is 2.81. The van der Waals surface area contributed by atoms with E-state index in [0.29, 0.717) is 24.4 Å². The van der Waals surface area contributed by atoms with Gasteiger partial charge in [0.1, 0.15) is 17.0 Å². The van der Waals surface area contributed by atoms with E-state index >= 15 is 0 Å². The van der Waals surface area contributed by atoms with Crippen LogP contribution in [0.3, 0.4) is 0 Å². The highest BCUT2D eigenvalue weighted by Crippen LogP contribution is 2.25. The maximum atomic E-state index is 12.0. The zero-order valence-corrected chi connectivity index (χ0v) is 13.8. The van der Waals surface area contributed by atoms with Crippen LogP contribution in [0.15, 0.2) is 6.07 Å². The number of esters is 1. The number of urea groups is 1. The van der Waals surface area contributed by atoms with Crippen LogP contribution in [-0.2, 0) is 4.74 Å². The Bertz CT molecular complexity index is 520. The van der Waals surface area contributed by atoms with Crippen molar-refractivity contribution in [2.45, 2.75) is 44.8 Å². The third kappa shape index (κ3) is 4.55. The molecule has 122 valence electrons. The number of amides is 2. The van der Waals surface area contributed by atoms with Gasteiger partial charge in [-0.15, -0.1) is 0 Å². The van der Waals surface area contributed by atoms with Gasteiger partial charge in [-0.1, -0.05) is 23.2 Å². The van der Waals surface area contributed by atoms with Crippen molar-refractivity contribution in [2.24, 2.45) is 0 Å². The largest absolute Gasteiger partial charge is 0.458 e. The maximum absolute atomic E-state index is 12.0. The molecule has 0 radical (unpaired) electrons. The molecule has 2 amide bonds. The summed E-state index contributed by atoms with van der Waals surface area (Å²) in [7, 11) is 0. The summed E-state index contributed by atoms with van der Waals surface area (Å²) < 4.78 is 5.43. The smallest absolute Gasteiger partial charge is 0.355 e. The highest BCUT2D eigenvalue weighted by atomic mass is 35.5. The fourth-order valence-corrected chi connectivity index (χ4v) is 2.76. The van der Waals surface area contributed by atoms with E-state index < -0.39 is 5.97 Å². The van der Waals surface area contributed by atoms with E-state index in [0.717, 1.165) is 12.8 Å². The molecule has 1 aromatic rings. The number of aromatic nitrogens is 1. The van der Waals surface area contributed by atoms with Crippen molar-refractivity contribution in [1.29, 1.82) is 0 Å². The predicted molar refractivity (Wildman–Crippen MR) is 84.5 cm³/mol. The third-order valence-electron chi connectivity index (χ3n) is 3.57. The van der Waals surface area contributed by atoms with Crippen LogP contribution in [0.4, 0.5) is 4.79 Å². The molecule has 1 saturated carbocycles. The molecule has 0 aliphatic heterocycles. The summed E-state index contributed by atoms with van der Waals surface area (Å²) in [6.45, 7) is 2.47. The van der Waals surface area contributed by atoms with Gasteiger partial charge in [0.05, 0.1) is 5.02 Å². The first kappa shape index (κ1) is 17.0. The Hall–Kier alpha value is -1.40. The number of ether oxygens (including phenoxy) is 1. The van der Waals surface area contributed by atoms with Gasteiger partial charge < -0.3 is 20.4 Å². The minimum atomic E-state index is -0.464. The molecule has 8 heteroatoms. The van der Waals surface area contributed by atoms with Crippen LogP contribution >= 0.6 is 23.2 Å². The first-order chi connectivity index (χ1) is 10.5. The van der Waals surface area contributed by atoms with Crippen LogP contribution in [0.25, 0.3) is 0 Å². The van der Waals surface area contributed by atoms with Crippen LogP contribution in [0.2, 0.25) is 10.2 Å². The number of H-pyrrole nitrogens is 1. The minimum absolute atomic E-state index is 0.121. The Kier molecular flexibility index (Phi) is 5.97. The number of nitrogens with one attached hydrogen (secondary N) is 3. The lowest BCUT2D eigenvalue weighted by Crippen LogP contribution is -2.44. The van der Waals surface area contributed by atoms with E-state index in [1.165, 1.54) is 6.07 Å². The number of halogens is 2. The second kappa shape index (κ2) is 7.74. The molecule has 0 unspecified atom stereocenters. The topological polar surface area (TPSA) is 83.2 Å². The van der Waals surface area contributed by atoms with E-state index in [9.17, 15) is 9.59 Å². The number of aromatic amines is 1. The Morgan fingerprint density at radius 3 is 2.55 bits per heavy atom. The fourth-order valence-electron chi connectivity index (χ4n) is 2.45. The van der Waals surface area contributed by atoms with Crippen molar-refractivity contribution in [2.75, 3.05) is 6.54 Å². The van der Waals surface area contributed by atoms with Crippen LogP contribution in [0.5, 0.6) is 0 Å². The van der Waals surface area contributed by atoms with Gasteiger partial charge in [0.2, 0.25) is 0 Å². The summed E-state index contributed by atoms with van der Waals surface area (Å²) in [6.07, 6.45) is 2.83. The molecule has 1 aliphatic rings. The van der Waals surface area contributed by atoms with E-state index in [4.69, 9.17) is 27.9 Å². The zero-order chi connectivity index (χ0) is 16.1. The van der Waals surface area contributed by atoms with Crippen molar-refractivity contribution in [3.63, 3.8) is 0 Å². The lowest BCUT2D eigenvalue weighted by atomic mass is 9.93. The molecule has 0 spiro atoms. The van der Waals surface area contributed by atoms with Crippen molar-refractivity contribution in [3.8, 4) is 0 Å². The van der Waals surface area contributed by atoms with E-state index in [1.807, 2.05) is 6.92 Å². The molecule has 1 fully saturated rings. The van der Waals surface area contributed by atoms with Crippen molar-refractivity contribution in [3.05, 3.63) is 21.9 Å². The standard InChI is InChI=1S/C14H19Cl2N3O3/c1-2-17-14(21)18-8-3-5-9(6-4-8)22-13(20)11-7-10(15)12(16)19-11/h7-9,19H,2-6H2,1H3,(H2,17,18,21). The Morgan fingerprint density at radius 1 is 1.32 bits per heavy atom. The first-order valence-electron chi connectivity index (χ1n) is 7.29. The van der Waals surface area contributed by atoms with Gasteiger partial charge in [-0.2, -0.15) is 0 Å². The predicted octanol–water partition coefficient (Wildman–Crippen LogP) is 3.11. The van der Waals surface area contributed by atoms with Gasteiger partial charge >= 0.3 is 12.0 Å². The lowest BCUT2D eigenvalue weighted by molar-refractivity contribution is 0.0182. The van der Waals surface area contributed by atoms with Crippen molar-refractivity contribution < 1.29 is 14.3 Å². The van der Waals surface area contributed by atoms with E-state index in [1.54, 1.807) is 0 Å². The molecule has 0 bridgehead atoms. The normalized spacial score (nSPS) is 21.2. The van der Waals surface area contributed by atoms with Gasteiger partial charge in [0, 0.05) is 12.6 Å². The summed E-state index contributed by atoms with van der Waals surface area (Å²) in [5.41, 5.74) is 0.248. The van der Waals surface area contributed by atoms with Gasteiger partial charge in [-0.25, -0.2) is 9.59 Å². The molecule has 3 N–H and O–H groups in total. The van der Waals surface area contributed by atoms with Crippen LogP contribution < -0.4 is 10.6 Å². The van der Waals surface area contributed by atoms with Gasteiger partial charge in [0.15, 0.2) is 0 Å². The molecule has 1 heterocycles.